The smallest absolute Gasteiger partial charge is 0.267 e. The summed E-state index contributed by atoms with van der Waals surface area (Å²) in [6.45, 7) is -0.350. The van der Waals surface area contributed by atoms with Crippen molar-refractivity contribution in [3.63, 3.8) is 0 Å². The summed E-state index contributed by atoms with van der Waals surface area (Å²) >= 11 is 8.81. The summed E-state index contributed by atoms with van der Waals surface area (Å²) in [6, 6.07) is 7.48. The lowest BCUT2D eigenvalue weighted by Gasteiger charge is -2.25. The van der Waals surface area contributed by atoms with Gasteiger partial charge in [-0.2, -0.15) is 5.06 Å². The monoisotopic (exact) mass is 386 g/mol. The molecule has 5 nitrogen and oxygen atoms in total. The third-order valence-corrected chi connectivity index (χ3v) is 6.11. The summed E-state index contributed by atoms with van der Waals surface area (Å²) in [5.74, 6) is -2.15. The Bertz CT molecular complexity index is 794. The third-order valence-electron chi connectivity index (χ3n) is 3.58. The number of rotatable bonds is 3. The van der Waals surface area contributed by atoms with E-state index in [0.29, 0.717) is 9.94 Å². The van der Waals surface area contributed by atoms with Gasteiger partial charge in [0.05, 0.1) is 19.7 Å². The molecule has 0 saturated carbocycles. The lowest BCUT2D eigenvalue weighted by Crippen LogP contribution is -2.34. The van der Waals surface area contributed by atoms with Gasteiger partial charge in [-0.15, -0.1) is 23.1 Å². The predicted molar refractivity (Wildman–Crippen MR) is 89.9 cm³/mol. The van der Waals surface area contributed by atoms with Gasteiger partial charge in [0, 0.05) is 0 Å². The summed E-state index contributed by atoms with van der Waals surface area (Å²) in [4.78, 5) is 26.4. The van der Waals surface area contributed by atoms with Crippen LogP contribution in [0.4, 0.5) is 4.39 Å². The first-order chi connectivity index (χ1) is 11.4. The Morgan fingerprint density at radius 1 is 1.42 bits per heavy atom. The molecule has 3 rings (SSSR count). The lowest BCUT2D eigenvalue weighted by molar-refractivity contribution is -0.168. The second-order valence-corrected chi connectivity index (χ2v) is 7.63. The fourth-order valence-corrected chi connectivity index (χ4v) is 4.37. The minimum atomic E-state index is -0.994. The van der Waals surface area contributed by atoms with E-state index in [1.54, 1.807) is 6.07 Å². The molecule has 9 heteroatoms. The van der Waals surface area contributed by atoms with Crippen LogP contribution < -0.4 is 0 Å². The highest BCUT2D eigenvalue weighted by atomic mass is 35.5. The molecule has 1 aliphatic rings. The molecule has 1 unspecified atom stereocenters. The van der Waals surface area contributed by atoms with Crippen LogP contribution in [-0.4, -0.2) is 39.8 Å². The molecule has 0 aliphatic carbocycles. The number of amides is 2. The van der Waals surface area contributed by atoms with Crippen LogP contribution in [0.25, 0.3) is 0 Å². The second-order valence-electron chi connectivity index (χ2n) is 5.00. The Labute approximate surface area is 150 Å². The van der Waals surface area contributed by atoms with Gasteiger partial charge in [-0.3, -0.25) is 14.8 Å². The van der Waals surface area contributed by atoms with E-state index in [9.17, 15) is 19.2 Å². The van der Waals surface area contributed by atoms with E-state index in [1.807, 2.05) is 12.3 Å². The highest BCUT2D eigenvalue weighted by Gasteiger charge is 2.43. The zero-order valence-electron chi connectivity index (χ0n) is 12.4. The van der Waals surface area contributed by atoms with E-state index in [1.165, 1.54) is 35.2 Å². The van der Waals surface area contributed by atoms with Crippen molar-refractivity contribution >= 4 is 46.5 Å². The minimum Gasteiger partial charge on any atom is -0.302 e. The number of nitrogens with zero attached hydrogens (tertiary/aromatic N) is 2. The van der Waals surface area contributed by atoms with E-state index < -0.39 is 23.8 Å². The van der Waals surface area contributed by atoms with E-state index in [2.05, 4.69) is 0 Å². The van der Waals surface area contributed by atoms with Crippen molar-refractivity contribution in [2.45, 2.75) is 10.4 Å². The van der Waals surface area contributed by atoms with Crippen molar-refractivity contribution in [3.05, 3.63) is 51.6 Å². The number of halogens is 2. The maximum Gasteiger partial charge on any atom is 0.267 e. The molecule has 1 saturated heterocycles. The largest absolute Gasteiger partial charge is 0.302 e. The van der Waals surface area contributed by atoms with Gasteiger partial charge in [-0.1, -0.05) is 17.7 Å². The first kappa shape index (κ1) is 17.2. The van der Waals surface area contributed by atoms with Crippen LogP contribution in [0, 0.1) is 5.82 Å². The molecule has 1 N–H and O–H groups in total. The van der Waals surface area contributed by atoms with Gasteiger partial charge in [-0.25, -0.2) is 4.39 Å². The van der Waals surface area contributed by atoms with Crippen molar-refractivity contribution in [2.75, 3.05) is 12.8 Å². The summed E-state index contributed by atoms with van der Waals surface area (Å²) in [7, 11) is 0. The summed E-state index contributed by atoms with van der Waals surface area (Å²) in [6.07, 6.45) is 0.903. The quantitative estimate of drug-likeness (QED) is 0.646. The molecule has 1 fully saturated rings. The van der Waals surface area contributed by atoms with Gasteiger partial charge in [0.15, 0.2) is 6.17 Å². The Morgan fingerprint density at radius 2 is 2.17 bits per heavy atom. The number of benzene rings is 1. The molecule has 1 aromatic carbocycles. The van der Waals surface area contributed by atoms with Crippen LogP contribution in [0.1, 0.15) is 21.4 Å². The first-order valence-corrected chi connectivity index (χ1v) is 9.25. The van der Waals surface area contributed by atoms with Crippen LogP contribution >= 0.6 is 34.7 Å². The van der Waals surface area contributed by atoms with E-state index >= 15 is 0 Å². The van der Waals surface area contributed by atoms with Crippen LogP contribution in [0.2, 0.25) is 5.02 Å². The van der Waals surface area contributed by atoms with Gasteiger partial charge >= 0.3 is 0 Å². The van der Waals surface area contributed by atoms with Gasteiger partial charge in [0.2, 0.25) is 0 Å². The molecule has 1 aliphatic heterocycles. The molecule has 0 spiro atoms. The molecule has 2 heterocycles. The molecule has 2 aromatic rings. The zero-order chi connectivity index (χ0) is 17.4. The SMILES string of the molecule is CSc1ccc(C2N(O)C(=O)CN2C(=O)c2c(F)cccc2Cl)s1. The maximum absolute atomic E-state index is 14.0. The van der Waals surface area contributed by atoms with Gasteiger partial charge in [0.25, 0.3) is 11.8 Å². The molecule has 0 radical (unpaired) electrons. The fourth-order valence-electron chi connectivity index (χ4n) is 2.46. The van der Waals surface area contributed by atoms with Crippen LogP contribution in [0.3, 0.4) is 0 Å². The van der Waals surface area contributed by atoms with Crippen LogP contribution in [0.5, 0.6) is 0 Å². The maximum atomic E-state index is 14.0. The molecule has 0 bridgehead atoms. The van der Waals surface area contributed by atoms with Crippen LogP contribution in [-0.2, 0) is 4.79 Å². The highest BCUT2D eigenvalue weighted by molar-refractivity contribution is 8.00. The van der Waals surface area contributed by atoms with Crippen molar-refractivity contribution in [1.82, 2.24) is 9.96 Å². The number of carbonyl (C=O) groups excluding carboxylic acids is 2. The minimum absolute atomic E-state index is 0.0430. The molecule has 1 aromatic heterocycles. The average Bonchev–Trinajstić information content (AvgIpc) is 3.12. The Balaban J connectivity index is 2.01. The molecule has 126 valence electrons. The van der Waals surface area contributed by atoms with Crippen molar-refractivity contribution in [3.8, 4) is 0 Å². The molecule has 24 heavy (non-hydrogen) atoms. The summed E-state index contributed by atoms with van der Waals surface area (Å²) in [5, 5.41) is 10.5. The Kier molecular flexibility index (Phi) is 4.82. The Hall–Kier alpha value is -1.61. The third kappa shape index (κ3) is 2.90. The zero-order valence-corrected chi connectivity index (χ0v) is 14.8. The van der Waals surface area contributed by atoms with Crippen molar-refractivity contribution in [1.29, 1.82) is 0 Å². The Morgan fingerprint density at radius 3 is 2.79 bits per heavy atom. The molecular formula is C15H12ClFN2O3S2. The van der Waals surface area contributed by atoms with Gasteiger partial charge in [-0.05, 0) is 30.5 Å². The first-order valence-electron chi connectivity index (χ1n) is 6.83. The number of thioether (sulfide) groups is 1. The molecular weight excluding hydrogens is 375 g/mol. The van der Waals surface area contributed by atoms with Crippen LogP contribution in [0.15, 0.2) is 34.5 Å². The molecule has 2 amide bonds. The number of hydrogen-bond acceptors (Lipinski definition) is 5. The summed E-state index contributed by atoms with van der Waals surface area (Å²) < 4.78 is 15.0. The number of carbonyl (C=O) groups is 2. The predicted octanol–water partition coefficient (Wildman–Crippen LogP) is 3.63. The molecule has 1 atom stereocenters. The number of hydrogen-bond donors (Lipinski definition) is 1. The normalized spacial score (nSPS) is 17.7. The van der Waals surface area contributed by atoms with Crippen molar-refractivity contribution in [2.24, 2.45) is 0 Å². The van der Waals surface area contributed by atoms with Crippen molar-refractivity contribution < 1.29 is 19.2 Å². The average molecular weight is 387 g/mol. The number of hydroxylamine groups is 2. The highest BCUT2D eigenvalue weighted by Crippen LogP contribution is 2.38. The lowest BCUT2D eigenvalue weighted by atomic mass is 10.1. The van der Waals surface area contributed by atoms with E-state index in [4.69, 9.17) is 11.6 Å². The van der Waals surface area contributed by atoms with E-state index in [0.717, 1.165) is 15.2 Å². The standard InChI is InChI=1S/C15H12ClFN2O3S2/c1-23-12-6-5-10(24-12)14-18(7-11(20)19(14)22)15(21)13-8(16)3-2-4-9(13)17/h2-6,14,22H,7H2,1H3. The topological polar surface area (TPSA) is 60.9 Å². The van der Waals surface area contributed by atoms with E-state index in [-0.39, 0.29) is 17.1 Å². The van der Waals surface area contributed by atoms with Gasteiger partial charge < -0.3 is 4.90 Å². The fraction of sp³-hybridized carbons (Fsp3) is 0.200. The number of thiophene rings is 1. The second kappa shape index (κ2) is 6.72. The summed E-state index contributed by atoms with van der Waals surface area (Å²) in [5.41, 5.74) is -0.311. The van der Waals surface area contributed by atoms with Gasteiger partial charge in [0.1, 0.15) is 12.4 Å².